The predicted molar refractivity (Wildman–Crippen MR) is 126 cm³/mol. The molecule has 176 valence electrons. The standard InChI is InChI=1S/C25H17ClF3N5O/c1-15-8-10-30-13-20(15)22-19(17-3-5-18(26)6-4-17)9-11-33-23(22)32-34(24(33)35)14-16-2-7-21(31-12-16)25(27,28)29/h2-13H,14H2,1H3. The van der Waals surface area contributed by atoms with Crippen molar-refractivity contribution < 1.29 is 13.2 Å². The molecule has 0 amide bonds. The molecule has 0 aliphatic carbocycles. The lowest BCUT2D eigenvalue weighted by Crippen LogP contribution is -2.21. The Kier molecular flexibility index (Phi) is 5.64. The van der Waals surface area contributed by atoms with Crippen LogP contribution >= 0.6 is 11.6 Å². The topological polar surface area (TPSA) is 65.1 Å². The second kappa shape index (κ2) is 8.66. The number of aromatic nitrogens is 5. The molecule has 0 unspecified atom stereocenters. The molecule has 6 nitrogen and oxygen atoms in total. The third-order valence-electron chi connectivity index (χ3n) is 5.66. The fourth-order valence-electron chi connectivity index (χ4n) is 3.90. The molecule has 0 bridgehead atoms. The third-order valence-corrected chi connectivity index (χ3v) is 5.92. The Morgan fingerprint density at radius 1 is 0.971 bits per heavy atom. The first-order chi connectivity index (χ1) is 16.7. The highest BCUT2D eigenvalue weighted by Crippen LogP contribution is 2.36. The van der Waals surface area contributed by atoms with Crippen molar-refractivity contribution in [2.75, 3.05) is 0 Å². The fraction of sp³-hybridized carbons (Fsp3) is 0.120. The maximum absolute atomic E-state index is 13.1. The van der Waals surface area contributed by atoms with Gasteiger partial charge >= 0.3 is 11.9 Å². The lowest BCUT2D eigenvalue weighted by Gasteiger charge is -2.13. The summed E-state index contributed by atoms with van der Waals surface area (Å²) in [6, 6.07) is 13.2. The number of alkyl halides is 3. The SMILES string of the molecule is Cc1ccncc1-c1c(-c2ccc(Cl)cc2)ccn2c(=O)n(Cc3ccc(C(F)(F)F)nc3)nc12. The Morgan fingerprint density at radius 3 is 2.40 bits per heavy atom. The number of halogens is 4. The van der Waals surface area contributed by atoms with Crippen molar-refractivity contribution in [2.45, 2.75) is 19.6 Å². The molecule has 0 N–H and O–H groups in total. The van der Waals surface area contributed by atoms with Crippen LogP contribution in [0.15, 0.2) is 78.1 Å². The van der Waals surface area contributed by atoms with E-state index in [-0.39, 0.29) is 6.54 Å². The summed E-state index contributed by atoms with van der Waals surface area (Å²) in [6.45, 7) is 1.91. The fourth-order valence-corrected chi connectivity index (χ4v) is 4.03. The Morgan fingerprint density at radius 2 is 1.74 bits per heavy atom. The van der Waals surface area contributed by atoms with Gasteiger partial charge in [0.15, 0.2) is 5.65 Å². The monoisotopic (exact) mass is 495 g/mol. The molecular formula is C25H17ClF3N5O. The van der Waals surface area contributed by atoms with Crippen LogP contribution < -0.4 is 5.69 Å². The quantitative estimate of drug-likeness (QED) is 0.323. The number of hydrogen-bond acceptors (Lipinski definition) is 4. The van der Waals surface area contributed by atoms with Gasteiger partial charge in [-0.05, 0) is 59.5 Å². The van der Waals surface area contributed by atoms with Crippen LogP contribution in [0.2, 0.25) is 5.02 Å². The summed E-state index contributed by atoms with van der Waals surface area (Å²) < 4.78 is 41.2. The molecule has 10 heteroatoms. The van der Waals surface area contributed by atoms with Crippen LogP contribution in [0.4, 0.5) is 13.2 Å². The third kappa shape index (κ3) is 4.30. The number of hydrogen-bond donors (Lipinski definition) is 0. The molecule has 4 heterocycles. The lowest BCUT2D eigenvalue weighted by atomic mass is 9.94. The van der Waals surface area contributed by atoms with Crippen molar-refractivity contribution in [1.82, 2.24) is 24.1 Å². The maximum Gasteiger partial charge on any atom is 0.433 e. The van der Waals surface area contributed by atoms with Crippen molar-refractivity contribution in [2.24, 2.45) is 0 Å². The van der Waals surface area contributed by atoms with Gasteiger partial charge in [-0.2, -0.15) is 13.2 Å². The molecule has 0 aliphatic rings. The van der Waals surface area contributed by atoms with Crippen LogP contribution in [0.1, 0.15) is 16.8 Å². The molecule has 0 atom stereocenters. The van der Waals surface area contributed by atoms with Gasteiger partial charge in [0.2, 0.25) is 0 Å². The van der Waals surface area contributed by atoms with E-state index in [4.69, 9.17) is 11.6 Å². The first-order valence-electron chi connectivity index (χ1n) is 10.5. The normalized spacial score (nSPS) is 11.8. The maximum atomic E-state index is 13.1. The molecule has 0 saturated heterocycles. The zero-order valence-electron chi connectivity index (χ0n) is 18.3. The molecule has 0 saturated carbocycles. The first-order valence-corrected chi connectivity index (χ1v) is 10.9. The molecule has 1 aromatic carbocycles. The van der Waals surface area contributed by atoms with Gasteiger partial charge in [0.25, 0.3) is 0 Å². The summed E-state index contributed by atoms with van der Waals surface area (Å²) in [6.07, 6.45) is 1.60. The van der Waals surface area contributed by atoms with Gasteiger partial charge < -0.3 is 0 Å². The Labute approximate surface area is 202 Å². The minimum absolute atomic E-state index is 0.0343. The van der Waals surface area contributed by atoms with E-state index in [1.807, 2.05) is 31.2 Å². The number of benzene rings is 1. The van der Waals surface area contributed by atoms with Gasteiger partial charge in [0.05, 0.1) is 6.54 Å². The average Bonchev–Trinajstić information content (AvgIpc) is 3.14. The number of rotatable bonds is 4. The van der Waals surface area contributed by atoms with Crippen molar-refractivity contribution in [1.29, 1.82) is 0 Å². The molecule has 0 aliphatic heterocycles. The van der Waals surface area contributed by atoms with E-state index in [9.17, 15) is 18.0 Å². The minimum atomic E-state index is -4.53. The van der Waals surface area contributed by atoms with Crippen LogP contribution in [-0.2, 0) is 12.7 Å². The minimum Gasteiger partial charge on any atom is -0.264 e. The summed E-state index contributed by atoms with van der Waals surface area (Å²) >= 11 is 6.07. The van der Waals surface area contributed by atoms with Crippen LogP contribution in [0.5, 0.6) is 0 Å². The number of aryl methyl sites for hydroxylation is 1. The average molecular weight is 496 g/mol. The largest absolute Gasteiger partial charge is 0.433 e. The van der Waals surface area contributed by atoms with E-state index in [1.54, 1.807) is 30.7 Å². The lowest BCUT2D eigenvalue weighted by molar-refractivity contribution is -0.141. The number of pyridine rings is 3. The summed E-state index contributed by atoms with van der Waals surface area (Å²) in [5.74, 6) is 0. The van der Waals surface area contributed by atoms with Gasteiger partial charge in [0, 0.05) is 40.9 Å². The van der Waals surface area contributed by atoms with E-state index < -0.39 is 17.6 Å². The molecule has 0 spiro atoms. The number of fused-ring (bicyclic) bond motifs is 1. The van der Waals surface area contributed by atoms with E-state index in [0.717, 1.165) is 34.5 Å². The first kappa shape index (κ1) is 22.8. The van der Waals surface area contributed by atoms with Crippen molar-refractivity contribution in [3.63, 3.8) is 0 Å². The van der Waals surface area contributed by atoms with Gasteiger partial charge in [-0.15, -0.1) is 5.10 Å². The molecule has 0 radical (unpaired) electrons. The zero-order chi connectivity index (χ0) is 24.7. The van der Waals surface area contributed by atoms with Crippen molar-refractivity contribution in [3.05, 3.63) is 106 Å². The molecule has 35 heavy (non-hydrogen) atoms. The zero-order valence-corrected chi connectivity index (χ0v) is 19.0. The second-order valence-corrected chi connectivity index (χ2v) is 8.42. The van der Waals surface area contributed by atoms with Gasteiger partial charge in [0.1, 0.15) is 5.69 Å². The molecule has 4 aromatic heterocycles. The predicted octanol–water partition coefficient (Wildman–Crippen LogP) is 5.65. The summed E-state index contributed by atoms with van der Waals surface area (Å²) in [7, 11) is 0. The van der Waals surface area contributed by atoms with Gasteiger partial charge in [-0.1, -0.05) is 29.8 Å². The van der Waals surface area contributed by atoms with Crippen LogP contribution in [0, 0.1) is 6.92 Å². The Hall–Kier alpha value is -3.98. The van der Waals surface area contributed by atoms with Crippen LogP contribution in [0.25, 0.3) is 27.9 Å². The van der Waals surface area contributed by atoms with Crippen LogP contribution in [-0.4, -0.2) is 24.1 Å². The van der Waals surface area contributed by atoms with Gasteiger partial charge in [-0.3, -0.25) is 9.97 Å². The summed E-state index contributed by atoms with van der Waals surface area (Å²) in [4.78, 5) is 20.9. The van der Waals surface area contributed by atoms with Crippen molar-refractivity contribution >= 4 is 17.2 Å². The Bertz CT molecular complexity index is 1590. The van der Waals surface area contributed by atoms with E-state index >= 15 is 0 Å². The molecule has 5 aromatic rings. The van der Waals surface area contributed by atoms with Crippen LogP contribution in [0.3, 0.4) is 0 Å². The molecular weight excluding hydrogens is 479 g/mol. The Balaban J connectivity index is 1.68. The smallest absolute Gasteiger partial charge is 0.264 e. The van der Waals surface area contributed by atoms with E-state index in [1.165, 1.54) is 15.1 Å². The highest BCUT2D eigenvalue weighted by atomic mass is 35.5. The summed E-state index contributed by atoms with van der Waals surface area (Å²) in [5, 5.41) is 5.16. The van der Waals surface area contributed by atoms with E-state index in [0.29, 0.717) is 21.8 Å². The summed E-state index contributed by atoms with van der Waals surface area (Å²) in [5.41, 5.74) is 3.56. The molecule has 5 rings (SSSR count). The number of nitrogens with zero attached hydrogens (tertiary/aromatic N) is 5. The second-order valence-electron chi connectivity index (χ2n) is 7.99. The highest BCUT2D eigenvalue weighted by molar-refractivity contribution is 6.30. The highest BCUT2D eigenvalue weighted by Gasteiger charge is 2.32. The van der Waals surface area contributed by atoms with Gasteiger partial charge in [-0.25, -0.2) is 13.9 Å². The van der Waals surface area contributed by atoms with E-state index in [2.05, 4.69) is 15.1 Å². The van der Waals surface area contributed by atoms with Crippen molar-refractivity contribution in [3.8, 4) is 22.3 Å². The molecule has 0 fully saturated rings.